The molecule has 2 atom stereocenters. The number of hydrogen-bond donors (Lipinski definition) is 1. The molecule has 2 aliphatic rings. The van der Waals surface area contributed by atoms with Gasteiger partial charge in [-0.2, -0.15) is 4.98 Å². The Morgan fingerprint density at radius 3 is 2.64 bits per heavy atom. The number of ether oxygens (including phenoxy) is 3. The highest BCUT2D eigenvalue weighted by Crippen LogP contribution is 2.46. The maximum absolute atomic E-state index is 13.2. The number of nitrogens with zero attached hydrogens (tertiary/aromatic N) is 6. The number of pyridine rings is 2. The van der Waals surface area contributed by atoms with Gasteiger partial charge in [-0.25, -0.2) is 9.97 Å². The lowest BCUT2D eigenvalue weighted by molar-refractivity contribution is -0.117. The van der Waals surface area contributed by atoms with Crippen molar-refractivity contribution in [3.05, 3.63) is 23.8 Å². The molecule has 1 aliphatic heterocycles. The first-order valence-electron chi connectivity index (χ1n) is 15.3. The van der Waals surface area contributed by atoms with Gasteiger partial charge in [-0.3, -0.25) is 4.79 Å². The second kappa shape index (κ2) is 12.7. The Labute approximate surface area is 263 Å². The highest BCUT2D eigenvalue weighted by Gasteiger charge is 2.44. The molecule has 236 valence electrons. The van der Waals surface area contributed by atoms with Crippen molar-refractivity contribution in [2.24, 2.45) is 11.8 Å². The van der Waals surface area contributed by atoms with Crippen molar-refractivity contribution >= 4 is 52.5 Å². The number of methoxy groups -OCH3 is 2. The lowest BCUT2D eigenvalue weighted by atomic mass is 10.1. The molecular formula is C31H43N7O4SSi. The van der Waals surface area contributed by atoms with E-state index in [-0.39, 0.29) is 11.8 Å². The van der Waals surface area contributed by atoms with Crippen molar-refractivity contribution in [1.29, 1.82) is 0 Å². The number of thiazole rings is 1. The molecule has 0 aromatic carbocycles. The Bertz CT molecular complexity index is 1640. The topological polar surface area (TPSA) is 107 Å². The molecule has 0 unspecified atom stereocenters. The average Bonchev–Trinajstić information content (AvgIpc) is 3.44. The zero-order valence-corrected chi connectivity index (χ0v) is 28.4. The van der Waals surface area contributed by atoms with E-state index in [9.17, 15) is 4.79 Å². The summed E-state index contributed by atoms with van der Waals surface area (Å²) in [6.07, 6.45) is 2.94. The highest BCUT2D eigenvalue weighted by molar-refractivity contribution is 7.17. The predicted octanol–water partition coefficient (Wildman–Crippen LogP) is 4.86. The van der Waals surface area contributed by atoms with Gasteiger partial charge in [0.05, 0.1) is 25.3 Å². The lowest BCUT2D eigenvalue weighted by Crippen LogP contribution is -2.45. The summed E-state index contributed by atoms with van der Waals surface area (Å²) >= 11 is 1.48. The second-order valence-corrected chi connectivity index (χ2v) is 19.6. The molecule has 0 spiro atoms. The van der Waals surface area contributed by atoms with Crippen LogP contribution in [0.1, 0.15) is 6.42 Å². The smallest absolute Gasteiger partial charge is 0.228 e. The number of carbonyl (C=O) groups is 1. The van der Waals surface area contributed by atoms with Crippen molar-refractivity contribution < 1.29 is 19.0 Å². The van der Waals surface area contributed by atoms with Crippen LogP contribution >= 0.6 is 11.3 Å². The van der Waals surface area contributed by atoms with Crippen molar-refractivity contribution in [3.63, 3.8) is 0 Å². The summed E-state index contributed by atoms with van der Waals surface area (Å²) in [6.45, 7) is 13.3. The SMILES string of the molecule is COc1nc2ncsc2c(OC)c1-c1cn(COCC[Si](C)(C)C)c2nc(NC(=O)[C@@H]3C[C@H]3CN3CCN(C)CC3)ccc12. The first kappa shape index (κ1) is 30.9. The van der Waals surface area contributed by atoms with Gasteiger partial charge < -0.3 is 33.9 Å². The van der Waals surface area contributed by atoms with Crippen molar-refractivity contribution in [3.8, 4) is 22.8 Å². The third-order valence-electron chi connectivity index (χ3n) is 8.62. The van der Waals surface area contributed by atoms with E-state index < -0.39 is 8.07 Å². The van der Waals surface area contributed by atoms with Crippen LogP contribution in [0.2, 0.25) is 25.7 Å². The van der Waals surface area contributed by atoms with Gasteiger partial charge in [-0.15, -0.1) is 11.3 Å². The average molecular weight is 638 g/mol. The number of hydrogen-bond acceptors (Lipinski definition) is 10. The van der Waals surface area contributed by atoms with Gasteiger partial charge in [0.2, 0.25) is 11.8 Å². The van der Waals surface area contributed by atoms with Crippen LogP contribution < -0.4 is 14.8 Å². The first-order valence-corrected chi connectivity index (χ1v) is 19.9. The zero-order chi connectivity index (χ0) is 31.0. The molecule has 1 saturated carbocycles. The number of nitrogens with one attached hydrogen (secondary N) is 1. The van der Waals surface area contributed by atoms with Crippen LogP contribution in [0.3, 0.4) is 0 Å². The number of anilines is 1. The Morgan fingerprint density at radius 2 is 1.91 bits per heavy atom. The fourth-order valence-corrected chi connectivity index (χ4v) is 7.35. The zero-order valence-electron chi connectivity index (χ0n) is 26.6. The van der Waals surface area contributed by atoms with E-state index in [1.807, 2.05) is 22.9 Å². The molecule has 1 aliphatic carbocycles. The number of carbonyl (C=O) groups excluding carboxylic acids is 1. The molecule has 0 bridgehead atoms. The summed E-state index contributed by atoms with van der Waals surface area (Å²) in [5.41, 5.74) is 4.65. The quantitative estimate of drug-likeness (QED) is 0.172. The fraction of sp³-hybridized carbons (Fsp3) is 0.548. The van der Waals surface area contributed by atoms with Crippen LogP contribution in [0.5, 0.6) is 11.6 Å². The molecule has 1 N–H and O–H groups in total. The number of aromatic nitrogens is 4. The Morgan fingerprint density at radius 1 is 1.11 bits per heavy atom. The summed E-state index contributed by atoms with van der Waals surface area (Å²) in [7, 11) is 4.17. The Hall–Kier alpha value is -3.10. The van der Waals surface area contributed by atoms with E-state index in [0.717, 1.165) is 66.4 Å². The minimum Gasteiger partial charge on any atom is -0.494 e. The second-order valence-electron chi connectivity index (χ2n) is 13.2. The molecule has 5 heterocycles. The number of likely N-dealkylation sites (N-methyl/N-ethyl adjacent to an activating group) is 1. The standard InChI is InChI=1S/C31H43N7O4SSi/c1-36-9-11-37(12-10-36)16-20-15-22(20)30(39)34-24-8-7-21-23(17-38(29(21)33-24)19-42-13-14-44(4,5)6)25-26(40-2)27-28(32-18-43-27)35-31(25)41-3/h7-8,17-18,20,22H,9-16,19H2,1-6H3,(H,33,34,39)/t20-,22+/m0/s1. The van der Waals surface area contributed by atoms with E-state index in [1.165, 1.54) is 11.3 Å². The molecular weight excluding hydrogens is 595 g/mol. The van der Waals surface area contributed by atoms with E-state index in [0.29, 0.717) is 48.0 Å². The summed E-state index contributed by atoms with van der Waals surface area (Å²) in [4.78, 5) is 32.1. The van der Waals surface area contributed by atoms with Crippen LogP contribution in [-0.2, 0) is 16.3 Å². The largest absolute Gasteiger partial charge is 0.494 e. The lowest BCUT2D eigenvalue weighted by Gasteiger charge is -2.32. The van der Waals surface area contributed by atoms with Crippen LogP contribution in [0.15, 0.2) is 23.8 Å². The summed E-state index contributed by atoms with van der Waals surface area (Å²) in [5.74, 6) is 2.11. The van der Waals surface area contributed by atoms with Crippen LogP contribution in [0.4, 0.5) is 5.82 Å². The minimum atomic E-state index is -1.24. The normalized spacial score (nSPS) is 19.5. The van der Waals surface area contributed by atoms with Gasteiger partial charge in [0.15, 0.2) is 11.4 Å². The molecule has 6 rings (SSSR count). The molecule has 2 fully saturated rings. The highest BCUT2D eigenvalue weighted by atomic mass is 32.1. The van der Waals surface area contributed by atoms with Gasteiger partial charge in [0, 0.05) is 70.5 Å². The number of amides is 1. The van der Waals surface area contributed by atoms with Gasteiger partial charge >= 0.3 is 0 Å². The van der Waals surface area contributed by atoms with Crippen LogP contribution in [0, 0.1) is 11.8 Å². The van der Waals surface area contributed by atoms with Crippen molar-refractivity contribution in [2.45, 2.75) is 38.8 Å². The summed E-state index contributed by atoms with van der Waals surface area (Å²) in [5, 5.41) is 3.99. The Kier molecular flexibility index (Phi) is 8.93. The molecule has 11 nitrogen and oxygen atoms in total. The third kappa shape index (κ3) is 6.61. The predicted molar refractivity (Wildman–Crippen MR) is 178 cm³/mol. The van der Waals surface area contributed by atoms with Gasteiger partial charge in [0.1, 0.15) is 22.9 Å². The van der Waals surface area contributed by atoms with Crippen molar-refractivity contribution in [1.82, 2.24) is 29.3 Å². The maximum atomic E-state index is 13.2. The summed E-state index contributed by atoms with van der Waals surface area (Å²) in [6, 6.07) is 4.93. The van der Waals surface area contributed by atoms with Gasteiger partial charge in [-0.1, -0.05) is 19.6 Å². The molecule has 4 aromatic rings. The number of piperazine rings is 1. The molecule has 1 amide bonds. The Balaban J connectivity index is 1.28. The van der Waals surface area contributed by atoms with Crippen LogP contribution in [-0.4, -0.2) is 104 Å². The summed E-state index contributed by atoms with van der Waals surface area (Å²) < 4.78 is 20.7. The minimum absolute atomic E-state index is 0.0325. The van der Waals surface area contributed by atoms with Crippen LogP contribution in [0.25, 0.3) is 32.5 Å². The van der Waals surface area contributed by atoms with Gasteiger partial charge in [-0.05, 0) is 37.6 Å². The first-order chi connectivity index (χ1) is 21.1. The maximum Gasteiger partial charge on any atom is 0.228 e. The number of fused-ring (bicyclic) bond motifs is 2. The molecule has 1 saturated heterocycles. The monoisotopic (exact) mass is 637 g/mol. The van der Waals surface area contributed by atoms with E-state index in [2.05, 4.69) is 51.8 Å². The fourth-order valence-electron chi connectivity index (χ4n) is 5.84. The number of rotatable bonds is 12. The van der Waals surface area contributed by atoms with Gasteiger partial charge in [0.25, 0.3) is 0 Å². The van der Waals surface area contributed by atoms with Crippen molar-refractivity contribution in [2.75, 3.05) is 65.9 Å². The third-order valence-corrected chi connectivity index (χ3v) is 11.1. The molecule has 44 heavy (non-hydrogen) atoms. The molecule has 13 heteroatoms. The van der Waals surface area contributed by atoms with E-state index in [4.69, 9.17) is 19.2 Å². The van der Waals surface area contributed by atoms with E-state index in [1.54, 1.807) is 19.7 Å². The molecule has 0 radical (unpaired) electrons. The van der Waals surface area contributed by atoms with E-state index >= 15 is 0 Å². The molecule has 4 aromatic heterocycles.